The van der Waals surface area contributed by atoms with Gasteiger partial charge in [0, 0.05) is 57.6 Å². The molecule has 1 unspecified atom stereocenters. The van der Waals surface area contributed by atoms with Crippen molar-refractivity contribution in [2.75, 3.05) is 41.3 Å². The van der Waals surface area contributed by atoms with Crippen molar-refractivity contribution >= 4 is 67.2 Å². The molecule has 16 heteroatoms. The first-order valence-corrected chi connectivity index (χ1v) is 20.3. The fourth-order valence-corrected chi connectivity index (χ4v) is 7.81. The molecular weight excluding hydrogens is 757 g/mol. The first kappa shape index (κ1) is 42.8. The van der Waals surface area contributed by atoms with Crippen molar-refractivity contribution in [3.05, 3.63) is 69.3 Å². The number of methoxy groups -OCH3 is 4. The van der Waals surface area contributed by atoms with Crippen LogP contribution in [-0.4, -0.2) is 93.5 Å². The predicted molar refractivity (Wildman–Crippen MR) is 212 cm³/mol. The normalized spacial score (nSPS) is 15.0. The summed E-state index contributed by atoms with van der Waals surface area (Å²) in [5.74, 6) is -2.19. The maximum Gasteiger partial charge on any atom is 0.310 e. The lowest BCUT2D eigenvalue weighted by molar-refractivity contribution is -0.141. The number of rotatable bonds is 14. The van der Waals surface area contributed by atoms with Gasteiger partial charge >= 0.3 is 23.9 Å². The van der Waals surface area contributed by atoms with Crippen molar-refractivity contribution in [1.29, 1.82) is 0 Å². The lowest BCUT2D eigenvalue weighted by atomic mass is 9.75. The Morgan fingerprint density at radius 1 is 0.667 bits per heavy atom. The second-order valence-electron chi connectivity index (χ2n) is 14.7. The molecule has 8 bridgehead atoms. The number of allylic oxidation sites excluding steroid dienone is 2. The minimum absolute atomic E-state index is 0.000479. The Labute approximate surface area is 331 Å². The van der Waals surface area contributed by atoms with E-state index in [0.717, 1.165) is 17.4 Å². The van der Waals surface area contributed by atoms with E-state index in [1.54, 1.807) is 0 Å². The van der Waals surface area contributed by atoms with Crippen LogP contribution in [0.2, 0.25) is 0 Å². The second kappa shape index (κ2) is 17.4. The van der Waals surface area contributed by atoms with E-state index in [0.29, 0.717) is 73.5 Å². The lowest BCUT2D eigenvalue weighted by Gasteiger charge is -2.27. The largest absolute Gasteiger partial charge is 0.469 e. The molecule has 5 rings (SSSR count). The van der Waals surface area contributed by atoms with E-state index in [-0.39, 0.29) is 51.0 Å². The lowest BCUT2D eigenvalue weighted by Crippen LogP contribution is -2.24. The summed E-state index contributed by atoms with van der Waals surface area (Å²) in [7, 11) is 1.51. The number of ether oxygens (including phenoxy) is 4. The number of H-pyrrole nitrogens is 2. The molecule has 15 nitrogen and oxygen atoms in total. The van der Waals surface area contributed by atoms with Crippen molar-refractivity contribution in [2.24, 2.45) is 0 Å². The number of nitrogens with zero attached hydrogens (tertiary/aromatic N) is 2. The second-order valence-corrected chi connectivity index (χ2v) is 16.3. The zero-order chi connectivity index (χ0) is 41.8. The number of aromatic nitrogens is 4. The highest BCUT2D eigenvalue weighted by molar-refractivity contribution is 7.85. The van der Waals surface area contributed by atoms with E-state index < -0.39 is 39.4 Å². The first-order chi connectivity index (χ1) is 26.9. The van der Waals surface area contributed by atoms with Gasteiger partial charge in [0.15, 0.2) is 0 Å². The van der Waals surface area contributed by atoms with Crippen molar-refractivity contribution in [1.82, 2.24) is 19.9 Å². The van der Waals surface area contributed by atoms with Crippen LogP contribution in [0.25, 0.3) is 33.2 Å². The number of esters is 4. The van der Waals surface area contributed by atoms with Crippen LogP contribution in [0.5, 0.6) is 0 Å². The Balaban J connectivity index is 1.97. The Morgan fingerprint density at radius 3 is 1.60 bits per heavy atom. The van der Waals surface area contributed by atoms with Gasteiger partial charge in [-0.1, -0.05) is 13.8 Å². The minimum atomic E-state index is -3.70. The van der Waals surface area contributed by atoms with E-state index in [1.807, 2.05) is 52.0 Å². The molecule has 57 heavy (non-hydrogen) atoms. The molecule has 0 aliphatic carbocycles. The van der Waals surface area contributed by atoms with E-state index in [4.69, 9.17) is 33.1 Å². The third-order valence-electron chi connectivity index (χ3n) is 10.8. The zero-order valence-corrected chi connectivity index (χ0v) is 34.7. The van der Waals surface area contributed by atoms with Crippen LogP contribution in [0.1, 0.15) is 97.9 Å². The molecule has 2 aliphatic heterocycles. The summed E-state index contributed by atoms with van der Waals surface area (Å²) in [6, 6.07) is 7.46. The van der Waals surface area contributed by atoms with E-state index in [9.17, 15) is 27.6 Å². The van der Waals surface area contributed by atoms with Crippen LogP contribution in [0.15, 0.2) is 24.3 Å². The summed E-state index contributed by atoms with van der Waals surface area (Å²) in [4.78, 5) is 68.1. The number of aromatic amines is 2. The van der Waals surface area contributed by atoms with Crippen LogP contribution in [0.3, 0.4) is 0 Å². The minimum Gasteiger partial charge on any atom is -0.469 e. The average Bonchev–Trinajstić information content (AvgIpc) is 3.81. The van der Waals surface area contributed by atoms with Crippen molar-refractivity contribution < 1.29 is 50.7 Å². The van der Waals surface area contributed by atoms with Gasteiger partial charge in [-0.2, -0.15) is 8.42 Å². The Morgan fingerprint density at radius 2 is 1.12 bits per heavy atom. The summed E-state index contributed by atoms with van der Waals surface area (Å²) < 4.78 is 49.3. The summed E-state index contributed by atoms with van der Waals surface area (Å²) in [5, 5.41) is 0. The topological polar surface area (TPSA) is 206 Å². The number of aryl methyl sites for hydroxylation is 2. The molecule has 0 saturated carbocycles. The van der Waals surface area contributed by atoms with Gasteiger partial charge < -0.3 is 28.9 Å². The molecule has 3 aromatic heterocycles. The van der Waals surface area contributed by atoms with Crippen LogP contribution in [-0.2, 0) is 83.5 Å². The molecule has 2 N–H and O–H groups in total. The summed E-state index contributed by atoms with van der Waals surface area (Å²) >= 11 is 0. The van der Waals surface area contributed by atoms with Crippen molar-refractivity contribution in [3.63, 3.8) is 0 Å². The molecule has 0 amide bonds. The molecule has 0 radical (unpaired) electrons. The Kier molecular flexibility index (Phi) is 13.1. The van der Waals surface area contributed by atoms with Crippen LogP contribution in [0.4, 0.5) is 0 Å². The van der Waals surface area contributed by atoms with E-state index in [1.165, 1.54) is 28.4 Å². The van der Waals surface area contributed by atoms with Crippen LogP contribution >= 0.6 is 0 Å². The van der Waals surface area contributed by atoms with Gasteiger partial charge in [0.1, 0.15) is 0 Å². The van der Waals surface area contributed by atoms with Gasteiger partial charge in [-0.25, -0.2) is 4.98 Å². The van der Waals surface area contributed by atoms with Gasteiger partial charge in [-0.3, -0.25) is 28.3 Å². The third kappa shape index (κ3) is 9.62. The Bertz CT molecular complexity index is 2410. The monoisotopic (exact) mass is 806 g/mol. The molecule has 306 valence electrons. The number of hydrogen-bond acceptors (Lipinski definition) is 13. The molecular formula is C41H50N4O11S. The summed E-state index contributed by atoms with van der Waals surface area (Å²) in [6.07, 6.45) is 1.49. The Hall–Kier alpha value is -5.35. The summed E-state index contributed by atoms with van der Waals surface area (Å²) in [6.45, 7) is 7.88. The number of hydrogen-bond donors (Lipinski definition) is 2. The first-order valence-electron chi connectivity index (χ1n) is 18.5. The smallest absolute Gasteiger partial charge is 0.310 e. The molecule has 0 aromatic carbocycles. The fourth-order valence-electron chi connectivity index (χ4n) is 7.41. The van der Waals surface area contributed by atoms with Crippen LogP contribution in [0, 0.1) is 0 Å². The third-order valence-corrected chi connectivity index (χ3v) is 11.4. The van der Waals surface area contributed by atoms with Crippen LogP contribution < -0.4 is 0 Å². The van der Waals surface area contributed by atoms with Gasteiger partial charge in [0.05, 0.1) is 65.5 Å². The number of nitrogens with one attached hydrogen (secondary N) is 2. The van der Waals surface area contributed by atoms with E-state index >= 15 is 0 Å². The maximum absolute atomic E-state index is 13.0. The quantitative estimate of drug-likeness (QED) is 0.120. The average molecular weight is 807 g/mol. The van der Waals surface area contributed by atoms with Crippen molar-refractivity contribution in [3.8, 4) is 0 Å². The van der Waals surface area contributed by atoms with Crippen molar-refractivity contribution in [2.45, 2.75) is 84.0 Å². The standard InChI is InChI=1S/C41H50N4O11S/c1-22-23(2)30-19-35-28(14-15-56-57(9,50)51)41(3,4)36(45-35)21-34-27(17-40(49)55-8)25(11-13-38(47)53-6)32(44-34)20-31-24(10-12-37(46)52-5)26(16-39(48)54-7)33(43-31)18-29(22)42-30/h18-21,28,43-44H,10-17H2,1-9H3. The number of fused-ring (bicyclic) bond motifs is 8. The zero-order valence-electron chi connectivity index (χ0n) is 33.8. The van der Waals surface area contributed by atoms with E-state index in [2.05, 4.69) is 9.97 Å². The van der Waals surface area contributed by atoms with Gasteiger partial charge in [0.2, 0.25) is 0 Å². The molecule has 5 heterocycles. The maximum atomic E-state index is 13.0. The highest BCUT2D eigenvalue weighted by atomic mass is 32.2. The number of carbonyl (C=O) groups excluding carboxylic acids is 4. The van der Waals surface area contributed by atoms with Gasteiger partial charge in [-0.15, -0.1) is 0 Å². The van der Waals surface area contributed by atoms with Gasteiger partial charge in [0.25, 0.3) is 10.1 Å². The summed E-state index contributed by atoms with van der Waals surface area (Å²) in [5.41, 5.74) is 8.47. The highest BCUT2D eigenvalue weighted by Gasteiger charge is 2.40. The van der Waals surface area contributed by atoms with Gasteiger partial charge in [-0.05, 0) is 90.8 Å². The molecule has 0 saturated heterocycles. The highest BCUT2D eigenvalue weighted by Crippen LogP contribution is 2.45. The molecule has 0 spiro atoms. The predicted octanol–water partition coefficient (Wildman–Crippen LogP) is 5.34. The molecule has 3 aromatic rings. The fraction of sp³-hybridized carbons (Fsp3) is 0.463. The molecule has 1 atom stereocenters. The number of carbonyl (C=O) groups is 4. The molecule has 0 fully saturated rings. The molecule has 2 aliphatic rings. The SMILES string of the molecule is COC(=O)CCc1c(CC(=O)OC)c2cc3nc(cc4nc(cc5[nH]c(cc1[nH]2)c(CCC(=O)OC)c5CC(=O)OC)C(C)(C)C4CCOS(C)(=O)=O)C(C)=C3C.